The zero-order valence-electron chi connectivity index (χ0n) is 11.9. The van der Waals surface area contributed by atoms with Crippen molar-refractivity contribution in [2.24, 2.45) is 0 Å². The van der Waals surface area contributed by atoms with Crippen LogP contribution < -0.4 is 5.32 Å². The average molecular weight is 286 g/mol. The van der Waals surface area contributed by atoms with Crippen LogP contribution in [0.1, 0.15) is 39.5 Å². The highest BCUT2D eigenvalue weighted by Gasteiger charge is 2.28. The van der Waals surface area contributed by atoms with Crippen molar-refractivity contribution in [3.63, 3.8) is 0 Å². The molecule has 0 spiro atoms. The maximum absolute atomic E-state index is 11.9. The number of carbonyl (C=O) groups excluding carboxylic acids is 2. The van der Waals surface area contributed by atoms with Crippen molar-refractivity contribution in [2.75, 3.05) is 13.2 Å². The molecule has 2 unspecified atom stereocenters. The van der Waals surface area contributed by atoms with Gasteiger partial charge in [0, 0.05) is 19.4 Å². The van der Waals surface area contributed by atoms with Crippen LogP contribution in [-0.2, 0) is 14.3 Å². The van der Waals surface area contributed by atoms with E-state index in [1.165, 1.54) is 0 Å². The quantitative estimate of drug-likeness (QED) is 0.734. The van der Waals surface area contributed by atoms with E-state index in [-0.39, 0.29) is 30.9 Å². The van der Waals surface area contributed by atoms with Gasteiger partial charge in [0.15, 0.2) is 0 Å². The number of ether oxygens (including phenoxy) is 1. The first-order valence-corrected chi connectivity index (χ1v) is 6.84. The SMILES string of the molecule is CC1CN(C(=O)NC(=O)CCCCC(=O)O)C(C)CO1. The third-order valence-corrected chi connectivity index (χ3v) is 3.16. The van der Waals surface area contributed by atoms with E-state index in [4.69, 9.17) is 9.84 Å². The lowest BCUT2D eigenvalue weighted by atomic mass is 10.2. The monoisotopic (exact) mass is 286 g/mol. The summed E-state index contributed by atoms with van der Waals surface area (Å²) in [4.78, 5) is 35.4. The smallest absolute Gasteiger partial charge is 0.324 e. The minimum atomic E-state index is -0.877. The highest BCUT2D eigenvalue weighted by molar-refractivity contribution is 5.94. The van der Waals surface area contributed by atoms with E-state index in [9.17, 15) is 14.4 Å². The Morgan fingerprint density at radius 2 is 1.90 bits per heavy atom. The molecule has 1 fully saturated rings. The number of carboxylic acid groups (broad SMARTS) is 1. The summed E-state index contributed by atoms with van der Waals surface area (Å²) in [5, 5.41) is 10.8. The zero-order valence-corrected chi connectivity index (χ0v) is 11.9. The highest BCUT2D eigenvalue weighted by atomic mass is 16.5. The van der Waals surface area contributed by atoms with Crippen LogP contribution in [-0.4, -0.2) is 53.2 Å². The number of unbranched alkanes of at least 4 members (excludes halogenated alkanes) is 1. The van der Waals surface area contributed by atoms with Crippen molar-refractivity contribution in [3.8, 4) is 0 Å². The number of carboxylic acids is 1. The second-order valence-electron chi connectivity index (χ2n) is 5.10. The molecule has 2 atom stereocenters. The molecule has 7 heteroatoms. The molecule has 7 nitrogen and oxygen atoms in total. The van der Waals surface area contributed by atoms with Gasteiger partial charge in [-0.25, -0.2) is 4.79 Å². The molecule has 1 heterocycles. The summed E-state index contributed by atoms with van der Waals surface area (Å²) >= 11 is 0. The number of rotatable bonds is 5. The molecule has 0 radical (unpaired) electrons. The van der Waals surface area contributed by atoms with Gasteiger partial charge >= 0.3 is 12.0 Å². The second-order valence-corrected chi connectivity index (χ2v) is 5.10. The van der Waals surface area contributed by atoms with Gasteiger partial charge in [-0.05, 0) is 26.7 Å². The van der Waals surface area contributed by atoms with Crippen LogP contribution in [0.15, 0.2) is 0 Å². The van der Waals surface area contributed by atoms with Gasteiger partial charge in [-0.3, -0.25) is 14.9 Å². The summed E-state index contributed by atoms with van der Waals surface area (Å²) in [6.45, 7) is 4.66. The topological polar surface area (TPSA) is 95.9 Å². The Kier molecular flexibility index (Phi) is 6.44. The molecule has 0 aromatic rings. The maximum Gasteiger partial charge on any atom is 0.324 e. The summed E-state index contributed by atoms with van der Waals surface area (Å²) in [5.74, 6) is -1.25. The van der Waals surface area contributed by atoms with Crippen LogP contribution in [0.3, 0.4) is 0 Å². The summed E-state index contributed by atoms with van der Waals surface area (Å²) in [5.41, 5.74) is 0. The van der Waals surface area contributed by atoms with E-state index in [1.807, 2.05) is 13.8 Å². The molecule has 114 valence electrons. The molecule has 0 aromatic heterocycles. The van der Waals surface area contributed by atoms with E-state index < -0.39 is 12.0 Å². The van der Waals surface area contributed by atoms with Crippen molar-refractivity contribution in [1.29, 1.82) is 0 Å². The molecule has 0 aliphatic carbocycles. The fraction of sp³-hybridized carbons (Fsp3) is 0.769. The van der Waals surface area contributed by atoms with Gasteiger partial charge in [0.1, 0.15) is 0 Å². The molecule has 2 N–H and O–H groups in total. The van der Waals surface area contributed by atoms with Gasteiger partial charge in [-0.15, -0.1) is 0 Å². The normalized spacial score (nSPS) is 22.4. The molecule has 1 rings (SSSR count). The largest absolute Gasteiger partial charge is 0.481 e. The summed E-state index contributed by atoms with van der Waals surface area (Å²) < 4.78 is 5.42. The summed E-state index contributed by atoms with van der Waals surface area (Å²) in [7, 11) is 0. The predicted molar refractivity (Wildman–Crippen MR) is 71.2 cm³/mol. The molecule has 20 heavy (non-hydrogen) atoms. The van der Waals surface area contributed by atoms with Gasteiger partial charge in [-0.1, -0.05) is 0 Å². The Bertz CT molecular complexity index is 372. The van der Waals surface area contributed by atoms with E-state index in [2.05, 4.69) is 5.32 Å². The van der Waals surface area contributed by atoms with E-state index in [0.29, 0.717) is 26.0 Å². The van der Waals surface area contributed by atoms with Crippen LogP contribution >= 0.6 is 0 Å². The Balaban J connectivity index is 2.30. The molecule has 0 bridgehead atoms. The summed E-state index contributed by atoms with van der Waals surface area (Å²) in [6, 6.07) is -0.470. The third kappa shape index (κ3) is 5.56. The Hall–Kier alpha value is -1.63. The highest BCUT2D eigenvalue weighted by Crippen LogP contribution is 2.11. The van der Waals surface area contributed by atoms with Gasteiger partial charge in [0.2, 0.25) is 5.91 Å². The lowest BCUT2D eigenvalue weighted by Gasteiger charge is -2.36. The summed E-state index contributed by atoms with van der Waals surface area (Å²) in [6.07, 6.45) is 1.05. The van der Waals surface area contributed by atoms with Crippen molar-refractivity contribution in [2.45, 2.75) is 51.7 Å². The fourth-order valence-corrected chi connectivity index (χ4v) is 2.00. The average Bonchev–Trinajstić information content (AvgIpc) is 2.37. The van der Waals surface area contributed by atoms with Gasteiger partial charge in [0.25, 0.3) is 0 Å². The minimum Gasteiger partial charge on any atom is -0.481 e. The first kappa shape index (κ1) is 16.4. The van der Waals surface area contributed by atoms with Crippen molar-refractivity contribution in [1.82, 2.24) is 10.2 Å². The molecule has 1 aliphatic heterocycles. The van der Waals surface area contributed by atoms with E-state index in [1.54, 1.807) is 4.90 Å². The van der Waals surface area contributed by atoms with Crippen molar-refractivity contribution in [3.05, 3.63) is 0 Å². The minimum absolute atomic E-state index is 0.0392. The standard InChI is InChI=1S/C13H22N2O5/c1-9-8-20-10(2)7-15(9)13(19)14-11(16)5-3-4-6-12(17)18/h9-10H,3-8H2,1-2H3,(H,17,18)(H,14,16,19). The Morgan fingerprint density at radius 1 is 1.25 bits per heavy atom. The number of hydrogen-bond acceptors (Lipinski definition) is 4. The molecular weight excluding hydrogens is 264 g/mol. The number of urea groups is 1. The lowest BCUT2D eigenvalue weighted by Crippen LogP contribution is -2.54. The third-order valence-electron chi connectivity index (χ3n) is 3.16. The maximum atomic E-state index is 11.9. The number of imide groups is 1. The first-order chi connectivity index (χ1) is 9.40. The number of morpholine rings is 1. The Morgan fingerprint density at radius 3 is 2.55 bits per heavy atom. The van der Waals surface area contributed by atoms with Crippen LogP contribution in [0.4, 0.5) is 4.79 Å². The molecular formula is C13H22N2O5. The number of nitrogens with zero attached hydrogens (tertiary/aromatic N) is 1. The number of nitrogens with one attached hydrogen (secondary N) is 1. The predicted octanol–water partition coefficient (Wildman–Crippen LogP) is 0.977. The van der Waals surface area contributed by atoms with Crippen LogP contribution in [0.2, 0.25) is 0 Å². The molecule has 3 amide bonds. The van der Waals surface area contributed by atoms with E-state index >= 15 is 0 Å². The van der Waals surface area contributed by atoms with Gasteiger partial charge in [0.05, 0.1) is 18.8 Å². The molecule has 0 saturated carbocycles. The van der Waals surface area contributed by atoms with Crippen molar-refractivity contribution >= 4 is 17.9 Å². The van der Waals surface area contributed by atoms with Crippen molar-refractivity contribution < 1.29 is 24.2 Å². The van der Waals surface area contributed by atoms with Crippen LogP contribution in [0.5, 0.6) is 0 Å². The zero-order chi connectivity index (χ0) is 15.1. The number of hydrogen-bond donors (Lipinski definition) is 2. The number of carbonyl (C=O) groups is 3. The lowest BCUT2D eigenvalue weighted by molar-refractivity contribution is -0.137. The molecule has 0 aromatic carbocycles. The van der Waals surface area contributed by atoms with Gasteiger partial charge in [-0.2, -0.15) is 0 Å². The fourth-order valence-electron chi connectivity index (χ4n) is 2.00. The molecule has 1 saturated heterocycles. The number of amides is 3. The van der Waals surface area contributed by atoms with Crippen LogP contribution in [0.25, 0.3) is 0 Å². The first-order valence-electron chi connectivity index (χ1n) is 6.84. The van der Waals surface area contributed by atoms with E-state index in [0.717, 1.165) is 0 Å². The Labute approximate surface area is 118 Å². The van der Waals surface area contributed by atoms with Crippen LogP contribution in [0, 0.1) is 0 Å². The molecule has 1 aliphatic rings. The second kappa shape index (κ2) is 7.84. The number of aliphatic carboxylic acids is 1. The van der Waals surface area contributed by atoms with Gasteiger partial charge < -0.3 is 14.7 Å².